The van der Waals surface area contributed by atoms with Gasteiger partial charge >= 0.3 is 0 Å². The zero-order valence-corrected chi connectivity index (χ0v) is 16.0. The van der Waals surface area contributed by atoms with Crippen LogP contribution in [0.4, 0.5) is 11.4 Å². The molecule has 1 aliphatic carbocycles. The van der Waals surface area contributed by atoms with Gasteiger partial charge in [0.05, 0.1) is 17.8 Å². The molecular formula is C21H24N4O3. The first-order chi connectivity index (χ1) is 13.5. The number of amides is 3. The first-order valence-electron chi connectivity index (χ1n) is 9.25. The Bertz CT molecular complexity index is 906. The number of hydrogen-bond acceptors (Lipinski definition) is 4. The molecule has 0 heterocycles. The summed E-state index contributed by atoms with van der Waals surface area (Å²) >= 11 is 0. The number of carbonyl (C=O) groups is 3. The van der Waals surface area contributed by atoms with E-state index in [2.05, 4.69) is 21.3 Å². The topological polar surface area (TPSA) is 99.3 Å². The lowest BCUT2D eigenvalue weighted by Gasteiger charge is -2.14. The molecule has 1 aliphatic rings. The second-order valence-electron chi connectivity index (χ2n) is 6.75. The molecule has 4 N–H and O–H groups in total. The first-order valence-corrected chi connectivity index (χ1v) is 9.25. The molecule has 0 saturated heterocycles. The van der Waals surface area contributed by atoms with Crippen LogP contribution in [0.25, 0.3) is 0 Å². The number of benzene rings is 2. The van der Waals surface area contributed by atoms with Crippen LogP contribution in [-0.4, -0.2) is 37.4 Å². The number of nitrogens with one attached hydrogen (secondary N) is 4. The highest BCUT2D eigenvalue weighted by Crippen LogP contribution is 2.22. The molecule has 7 nitrogen and oxygen atoms in total. The van der Waals surface area contributed by atoms with E-state index >= 15 is 0 Å². The van der Waals surface area contributed by atoms with E-state index in [1.807, 2.05) is 13.0 Å². The minimum atomic E-state index is -0.281. The third-order valence-electron chi connectivity index (χ3n) is 4.60. The predicted molar refractivity (Wildman–Crippen MR) is 109 cm³/mol. The highest BCUT2D eigenvalue weighted by atomic mass is 16.2. The molecular weight excluding hydrogens is 356 g/mol. The smallest absolute Gasteiger partial charge is 0.253 e. The molecule has 1 saturated carbocycles. The monoisotopic (exact) mass is 380 g/mol. The minimum absolute atomic E-state index is 0.0105. The largest absolute Gasteiger partial charge is 0.376 e. The molecule has 0 spiro atoms. The first kappa shape index (κ1) is 19.4. The van der Waals surface area contributed by atoms with Crippen molar-refractivity contribution in [2.75, 3.05) is 24.2 Å². The summed E-state index contributed by atoms with van der Waals surface area (Å²) in [5, 5.41) is 11.4. The lowest BCUT2D eigenvalue weighted by molar-refractivity contribution is -0.114. The van der Waals surface area contributed by atoms with Crippen molar-refractivity contribution in [3.05, 3.63) is 59.2 Å². The normalized spacial score (nSPS) is 12.8. The Balaban J connectivity index is 1.64. The fraction of sp³-hybridized carbons (Fsp3) is 0.286. The molecule has 28 heavy (non-hydrogen) atoms. The van der Waals surface area contributed by atoms with Crippen LogP contribution in [0.15, 0.2) is 42.5 Å². The van der Waals surface area contributed by atoms with E-state index in [0.29, 0.717) is 22.5 Å². The van der Waals surface area contributed by atoms with Gasteiger partial charge in [0.15, 0.2) is 0 Å². The Morgan fingerprint density at radius 2 is 1.61 bits per heavy atom. The van der Waals surface area contributed by atoms with Gasteiger partial charge in [-0.2, -0.15) is 0 Å². The average Bonchev–Trinajstić information content (AvgIpc) is 3.51. The van der Waals surface area contributed by atoms with Gasteiger partial charge in [0.25, 0.3) is 11.8 Å². The fourth-order valence-corrected chi connectivity index (χ4v) is 2.86. The van der Waals surface area contributed by atoms with Crippen LogP contribution in [0.5, 0.6) is 0 Å². The number of rotatable bonds is 7. The summed E-state index contributed by atoms with van der Waals surface area (Å²) < 4.78 is 0. The molecule has 146 valence electrons. The van der Waals surface area contributed by atoms with Crippen molar-refractivity contribution in [1.29, 1.82) is 0 Å². The number of para-hydroxylation sites is 1. The van der Waals surface area contributed by atoms with Crippen LogP contribution in [0, 0.1) is 6.92 Å². The van der Waals surface area contributed by atoms with Crippen molar-refractivity contribution in [1.82, 2.24) is 10.6 Å². The van der Waals surface area contributed by atoms with E-state index in [1.165, 1.54) is 0 Å². The SMILES string of the molecule is CNC(=O)c1cccc(NCC(=O)Nc2ccccc2C(=O)NC2CC2)c1C. The van der Waals surface area contributed by atoms with Crippen LogP contribution in [0.1, 0.15) is 39.1 Å². The van der Waals surface area contributed by atoms with Gasteiger partial charge in [-0.05, 0) is 49.6 Å². The maximum Gasteiger partial charge on any atom is 0.253 e. The maximum absolute atomic E-state index is 12.4. The van der Waals surface area contributed by atoms with Crippen molar-refractivity contribution < 1.29 is 14.4 Å². The van der Waals surface area contributed by atoms with Crippen molar-refractivity contribution in [2.24, 2.45) is 0 Å². The van der Waals surface area contributed by atoms with E-state index in [0.717, 1.165) is 18.4 Å². The van der Waals surface area contributed by atoms with Gasteiger partial charge in [0.2, 0.25) is 5.91 Å². The summed E-state index contributed by atoms with van der Waals surface area (Å²) in [6.45, 7) is 1.83. The highest BCUT2D eigenvalue weighted by molar-refractivity contribution is 6.04. The van der Waals surface area contributed by atoms with Gasteiger partial charge in [0, 0.05) is 24.3 Å². The minimum Gasteiger partial charge on any atom is -0.376 e. The van der Waals surface area contributed by atoms with Crippen molar-refractivity contribution in [2.45, 2.75) is 25.8 Å². The molecule has 0 atom stereocenters. The fourth-order valence-electron chi connectivity index (χ4n) is 2.86. The Hall–Kier alpha value is -3.35. The van der Waals surface area contributed by atoms with Gasteiger partial charge in [-0.25, -0.2) is 0 Å². The van der Waals surface area contributed by atoms with Crippen LogP contribution in [-0.2, 0) is 4.79 Å². The molecule has 0 unspecified atom stereocenters. The molecule has 0 aliphatic heterocycles. The molecule has 3 amide bonds. The van der Waals surface area contributed by atoms with Gasteiger partial charge in [-0.1, -0.05) is 18.2 Å². The van der Waals surface area contributed by atoms with E-state index in [-0.39, 0.29) is 30.3 Å². The Morgan fingerprint density at radius 1 is 0.929 bits per heavy atom. The predicted octanol–water partition coefficient (Wildman–Crippen LogP) is 2.30. The second-order valence-corrected chi connectivity index (χ2v) is 6.75. The van der Waals surface area contributed by atoms with Crippen LogP contribution < -0.4 is 21.3 Å². The standard InChI is InChI=1S/C21H24N4O3/c1-13-15(20(27)22-2)7-5-9-17(13)23-12-19(26)25-18-8-4-3-6-16(18)21(28)24-14-10-11-14/h3-9,14,23H,10-12H2,1-2H3,(H,22,27)(H,24,28)(H,25,26). The second kappa shape index (κ2) is 8.56. The van der Waals surface area contributed by atoms with E-state index in [1.54, 1.807) is 43.4 Å². The zero-order valence-electron chi connectivity index (χ0n) is 16.0. The Labute approximate surface area is 163 Å². The third-order valence-corrected chi connectivity index (χ3v) is 4.60. The van der Waals surface area contributed by atoms with Gasteiger partial charge < -0.3 is 21.3 Å². The Kier molecular flexibility index (Phi) is 5.93. The zero-order chi connectivity index (χ0) is 20.1. The molecule has 0 radical (unpaired) electrons. The van der Waals surface area contributed by atoms with Crippen molar-refractivity contribution in [3.63, 3.8) is 0 Å². The van der Waals surface area contributed by atoms with Crippen molar-refractivity contribution in [3.8, 4) is 0 Å². The number of carbonyl (C=O) groups excluding carboxylic acids is 3. The van der Waals surface area contributed by atoms with E-state index < -0.39 is 0 Å². The average molecular weight is 380 g/mol. The van der Waals surface area contributed by atoms with E-state index in [4.69, 9.17) is 0 Å². The molecule has 1 fully saturated rings. The van der Waals surface area contributed by atoms with Crippen molar-refractivity contribution >= 4 is 29.1 Å². The van der Waals surface area contributed by atoms with E-state index in [9.17, 15) is 14.4 Å². The van der Waals surface area contributed by atoms with Gasteiger partial charge in [-0.15, -0.1) is 0 Å². The highest BCUT2D eigenvalue weighted by Gasteiger charge is 2.25. The molecule has 3 rings (SSSR count). The molecule has 0 bridgehead atoms. The molecule has 2 aromatic rings. The quantitative estimate of drug-likeness (QED) is 0.592. The maximum atomic E-state index is 12.4. The molecule has 7 heteroatoms. The van der Waals surface area contributed by atoms with Crippen LogP contribution in [0.3, 0.4) is 0 Å². The summed E-state index contributed by atoms with van der Waals surface area (Å²) in [7, 11) is 1.58. The number of anilines is 2. The number of hydrogen-bond donors (Lipinski definition) is 4. The summed E-state index contributed by atoms with van der Waals surface area (Å²) in [4.78, 5) is 36.6. The van der Waals surface area contributed by atoms with Crippen LogP contribution in [0.2, 0.25) is 0 Å². The lowest BCUT2D eigenvalue weighted by atomic mass is 10.1. The lowest BCUT2D eigenvalue weighted by Crippen LogP contribution is -2.28. The third kappa shape index (κ3) is 4.68. The molecule has 0 aromatic heterocycles. The van der Waals surface area contributed by atoms with Crippen LogP contribution >= 0.6 is 0 Å². The molecule has 2 aromatic carbocycles. The Morgan fingerprint density at radius 3 is 2.32 bits per heavy atom. The van der Waals surface area contributed by atoms with Gasteiger partial charge in [-0.3, -0.25) is 14.4 Å². The van der Waals surface area contributed by atoms with Gasteiger partial charge in [0.1, 0.15) is 0 Å². The summed E-state index contributed by atoms with van der Waals surface area (Å²) in [6, 6.07) is 12.5. The summed E-state index contributed by atoms with van der Waals surface area (Å²) in [6.07, 6.45) is 2.00. The summed E-state index contributed by atoms with van der Waals surface area (Å²) in [5.41, 5.74) is 2.94. The summed E-state index contributed by atoms with van der Waals surface area (Å²) in [5.74, 6) is -0.641.